The molecule has 1 N–H and O–H groups in total. The minimum absolute atomic E-state index is 0.102. The first-order valence-corrected chi connectivity index (χ1v) is 13.3. The van der Waals surface area contributed by atoms with E-state index in [0.717, 1.165) is 29.0 Å². The molecule has 0 aliphatic carbocycles. The van der Waals surface area contributed by atoms with Gasteiger partial charge < -0.3 is 14.8 Å². The van der Waals surface area contributed by atoms with E-state index in [2.05, 4.69) is 10.1 Å². The van der Waals surface area contributed by atoms with Crippen LogP contribution in [0.2, 0.25) is 4.34 Å². The number of alkyl halides is 3. The third-order valence-corrected chi connectivity index (χ3v) is 8.91. The number of rotatable bonds is 8. The molecule has 2 aromatic carbocycles. The molecule has 1 aromatic heterocycles. The highest BCUT2D eigenvalue weighted by Gasteiger charge is 2.40. The van der Waals surface area contributed by atoms with E-state index in [9.17, 15) is 26.4 Å². The van der Waals surface area contributed by atoms with Crippen LogP contribution in [0.1, 0.15) is 18.4 Å². The molecule has 1 amide bonds. The summed E-state index contributed by atoms with van der Waals surface area (Å²) in [6.07, 6.45) is -3.77. The van der Waals surface area contributed by atoms with Crippen molar-refractivity contribution in [1.29, 1.82) is 0 Å². The number of nitrogens with one attached hydrogen (secondary N) is 1. The SMILES string of the molecule is O=C(NCc1ccc(Oc2ccc(OC(F)(F)F)cc2)cc1)C1CCCN1S(=O)(=O)c1ccc(Cl)s1. The lowest BCUT2D eigenvalue weighted by Crippen LogP contribution is -2.45. The molecule has 0 radical (unpaired) electrons. The van der Waals surface area contributed by atoms with Gasteiger partial charge in [-0.1, -0.05) is 23.7 Å². The Labute approximate surface area is 214 Å². The predicted molar refractivity (Wildman–Crippen MR) is 128 cm³/mol. The van der Waals surface area contributed by atoms with Crippen molar-refractivity contribution in [3.05, 3.63) is 70.6 Å². The van der Waals surface area contributed by atoms with Crippen molar-refractivity contribution < 1.29 is 35.9 Å². The molecule has 1 unspecified atom stereocenters. The van der Waals surface area contributed by atoms with Gasteiger partial charge in [0, 0.05) is 13.1 Å². The van der Waals surface area contributed by atoms with Gasteiger partial charge >= 0.3 is 6.36 Å². The number of ether oxygens (including phenoxy) is 2. The number of sulfonamides is 1. The normalized spacial score (nSPS) is 16.6. The van der Waals surface area contributed by atoms with Crippen molar-refractivity contribution >= 4 is 38.9 Å². The Morgan fingerprint density at radius 1 is 1.03 bits per heavy atom. The van der Waals surface area contributed by atoms with Crippen molar-refractivity contribution in [3.8, 4) is 17.2 Å². The second-order valence-corrected chi connectivity index (χ2v) is 11.6. The van der Waals surface area contributed by atoms with Crippen molar-refractivity contribution in [2.24, 2.45) is 0 Å². The largest absolute Gasteiger partial charge is 0.573 e. The maximum absolute atomic E-state index is 12.9. The van der Waals surface area contributed by atoms with Crippen LogP contribution in [-0.4, -0.2) is 37.6 Å². The van der Waals surface area contributed by atoms with Gasteiger partial charge in [-0.3, -0.25) is 4.79 Å². The zero-order valence-corrected chi connectivity index (χ0v) is 20.9. The molecular weight excluding hydrogens is 541 g/mol. The molecule has 1 fully saturated rings. The molecule has 3 aromatic rings. The topological polar surface area (TPSA) is 84.9 Å². The van der Waals surface area contributed by atoms with Gasteiger partial charge in [0.2, 0.25) is 5.91 Å². The van der Waals surface area contributed by atoms with Crippen LogP contribution in [0.4, 0.5) is 13.2 Å². The quantitative estimate of drug-likeness (QED) is 0.390. The first kappa shape index (κ1) is 26.3. The fourth-order valence-electron chi connectivity index (χ4n) is 3.67. The predicted octanol–water partition coefficient (Wildman–Crippen LogP) is 5.56. The van der Waals surface area contributed by atoms with Gasteiger partial charge in [0.05, 0.1) is 4.34 Å². The van der Waals surface area contributed by atoms with E-state index in [0.29, 0.717) is 28.7 Å². The van der Waals surface area contributed by atoms with Crippen LogP contribution in [0.5, 0.6) is 17.2 Å². The van der Waals surface area contributed by atoms with E-state index in [1.165, 1.54) is 28.6 Å². The molecule has 36 heavy (non-hydrogen) atoms. The van der Waals surface area contributed by atoms with Gasteiger partial charge in [-0.2, -0.15) is 4.31 Å². The van der Waals surface area contributed by atoms with Crippen molar-refractivity contribution in [2.45, 2.75) is 36.0 Å². The molecule has 1 atom stereocenters. The number of nitrogens with zero attached hydrogens (tertiary/aromatic N) is 1. The van der Waals surface area contributed by atoms with Crippen molar-refractivity contribution in [3.63, 3.8) is 0 Å². The van der Waals surface area contributed by atoms with E-state index < -0.39 is 22.4 Å². The van der Waals surface area contributed by atoms with E-state index in [-0.39, 0.29) is 29.0 Å². The Hall–Kier alpha value is -2.80. The van der Waals surface area contributed by atoms with E-state index in [1.807, 2.05) is 0 Å². The Morgan fingerprint density at radius 3 is 2.22 bits per heavy atom. The molecule has 2 heterocycles. The molecule has 4 rings (SSSR count). The number of thiophene rings is 1. The van der Waals surface area contributed by atoms with Crippen LogP contribution in [0.3, 0.4) is 0 Å². The van der Waals surface area contributed by atoms with Crippen LogP contribution in [0.25, 0.3) is 0 Å². The monoisotopic (exact) mass is 560 g/mol. The van der Waals surface area contributed by atoms with Crippen LogP contribution in [0, 0.1) is 0 Å². The summed E-state index contributed by atoms with van der Waals surface area (Å²) in [7, 11) is -3.82. The average Bonchev–Trinajstić information content (AvgIpc) is 3.49. The van der Waals surface area contributed by atoms with E-state index >= 15 is 0 Å². The van der Waals surface area contributed by atoms with Gasteiger partial charge in [-0.25, -0.2) is 8.42 Å². The summed E-state index contributed by atoms with van der Waals surface area (Å²) >= 11 is 6.83. The molecule has 192 valence electrons. The third kappa shape index (κ3) is 6.49. The molecule has 1 aliphatic heterocycles. The van der Waals surface area contributed by atoms with Crippen LogP contribution in [0.15, 0.2) is 64.9 Å². The highest BCUT2D eigenvalue weighted by molar-refractivity contribution is 7.91. The van der Waals surface area contributed by atoms with E-state index in [1.54, 1.807) is 24.3 Å². The maximum atomic E-state index is 12.9. The molecule has 0 bridgehead atoms. The standard InChI is InChI=1S/C23H20ClF3N2O5S2/c24-20-11-12-21(35-20)36(31,32)29-13-1-2-19(29)22(30)28-14-15-3-5-16(6-4-15)33-17-7-9-18(10-8-17)34-23(25,26)27/h3-12,19H,1-2,13-14H2,(H,28,30). The minimum atomic E-state index is -4.77. The zero-order valence-electron chi connectivity index (χ0n) is 18.5. The summed E-state index contributed by atoms with van der Waals surface area (Å²) in [5.41, 5.74) is 0.752. The van der Waals surface area contributed by atoms with Gasteiger partial charge in [0.1, 0.15) is 27.5 Å². The Bertz CT molecular complexity index is 1310. The minimum Gasteiger partial charge on any atom is -0.457 e. The maximum Gasteiger partial charge on any atom is 0.573 e. The van der Waals surface area contributed by atoms with Crippen molar-refractivity contribution in [2.75, 3.05) is 6.54 Å². The highest BCUT2D eigenvalue weighted by atomic mass is 35.5. The lowest BCUT2D eigenvalue weighted by Gasteiger charge is -2.22. The Morgan fingerprint density at radius 2 is 1.64 bits per heavy atom. The fraction of sp³-hybridized carbons (Fsp3) is 0.261. The molecule has 13 heteroatoms. The van der Waals surface area contributed by atoms with Gasteiger partial charge in [0.25, 0.3) is 10.0 Å². The van der Waals surface area contributed by atoms with Crippen molar-refractivity contribution in [1.82, 2.24) is 9.62 Å². The second kappa shape index (κ2) is 10.7. The summed E-state index contributed by atoms with van der Waals surface area (Å²) in [5.74, 6) is 0.0198. The molecule has 1 saturated heterocycles. The zero-order chi connectivity index (χ0) is 25.9. The van der Waals surface area contributed by atoms with Gasteiger partial charge in [-0.15, -0.1) is 24.5 Å². The molecule has 1 aliphatic rings. The van der Waals surface area contributed by atoms with Crippen LogP contribution >= 0.6 is 22.9 Å². The van der Waals surface area contributed by atoms with Gasteiger partial charge in [0.15, 0.2) is 0 Å². The summed E-state index contributed by atoms with van der Waals surface area (Å²) in [6, 6.07) is 13.9. The number of carbonyl (C=O) groups excluding carboxylic acids is 1. The van der Waals surface area contributed by atoms with E-state index in [4.69, 9.17) is 16.3 Å². The average molecular weight is 561 g/mol. The first-order chi connectivity index (χ1) is 17.0. The third-order valence-electron chi connectivity index (χ3n) is 5.30. The summed E-state index contributed by atoms with van der Waals surface area (Å²) in [6.45, 7) is 0.434. The fourth-order valence-corrected chi connectivity index (χ4v) is 6.94. The Kier molecular flexibility index (Phi) is 7.79. The number of halogens is 4. The lowest BCUT2D eigenvalue weighted by molar-refractivity contribution is -0.274. The highest BCUT2D eigenvalue weighted by Crippen LogP contribution is 2.32. The summed E-state index contributed by atoms with van der Waals surface area (Å²) < 4.78 is 73.7. The molecule has 0 saturated carbocycles. The molecular formula is C23H20ClF3N2O5S2. The first-order valence-electron chi connectivity index (χ1n) is 10.7. The number of benzene rings is 2. The lowest BCUT2D eigenvalue weighted by atomic mass is 10.2. The second-order valence-electron chi connectivity index (χ2n) is 7.82. The summed E-state index contributed by atoms with van der Waals surface area (Å²) in [4.78, 5) is 12.8. The van der Waals surface area contributed by atoms with Gasteiger partial charge in [-0.05, 0) is 66.9 Å². The molecule has 0 spiro atoms. The molecule has 7 nitrogen and oxygen atoms in total. The Balaban J connectivity index is 1.32. The smallest absolute Gasteiger partial charge is 0.457 e. The summed E-state index contributed by atoms with van der Waals surface area (Å²) in [5, 5.41) is 2.78. The van der Waals surface area contributed by atoms with Crippen LogP contribution in [-0.2, 0) is 21.4 Å². The number of carbonyl (C=O) groups is 1. The van der Waals surface area contributed by atoms with Crippen LogP contribution < -0.4 is 14.8 Å². The number of amides is 1. The number of hydrogen-bond acceptors (Lipinski definition) is 6. The number of hydrogen-bond donors (Lipinski definition) is 1.